The normalized spacial score (nSPS) is 18.5. The van der Waals surface area contributed by atoms with Crippen LogP contribution in [0.2, 0.25) is 0 Å². The lowest BCUT2D eigenvalue weighted by atomic mass is 10.0. The second-order valence-electron chi connectivity index (χ2n) is 4.82. The Morgan fingerprint density at radius 2 is 2.05 bits per heavy atom. The maximum Gasteiger partial charge on any atom is 0.128 e. The van der Waals surface area contributed by atoms with Crippen LogP contribution in [0.5, 0.6) is 0 Å². The number of fused-ring (bicyclic) bond motifs is 1. The van der Waals surface area contributed by atoms with Crippen molar-refractivity contribution in [1.82, 2.24) is 9.88 Å². The van der Waals surface area contributed by atoms with Crippen LogP contribution in [-0.2, 0) is 13.1 Å². The van der Waals surface area contributed by atoms with E-state index in [1.54, 1.807) is 18.5 Å². The fourth-order valence-electron chi connectivity index (χ4n) is 2.73. The third-order valence-electron chi connectivity index (χ3n) is 3.67. The van der Waals surface area contributed by atoms with E-state index in [-0.39, 0.29) is 11.9 Å². The lowest BCUT2D eigenvalue weighted by Gasteiger charge is -2.23. The van der Waals surface area contributed by atoms with Crippen molar-refractivity contribution in [3.8, 4) is 0 Å². The molecule has 0 spiro atoms. The molecule has 1 aromatic carbocycles. The van der Waals surface area contributed by atoms with E-state index in [4.69, 9.17) is 5.73 Å². The molecule has 1 atom stereocenters. The predicted molar refractivity (Wildman–Crippen MR) is 71.7 cm³/mol. The van der Waals surface area contributed by atoms with Gasteiger partial charge in [-0.1, -0.05) is 12.1 Å². The number of hydrogen-bond donors (Lipinski definition) is 1. The Kier molecular flexibility index (Phi) is 3.27. The highest BCUT2D eigenvalue weighted by atomic mass is 19.1. The quantitative estimate of drug-likeness (QED) is 0.917. The Balaban J connectivity index is 1.88. The molecule has 1 aliphatic heterocycles. The number of nitrogens with two attached hydrogens (primary N) is 1. The van der Waals surface area contributed by atoms with Gasteiger partial charge in [0.15, 0.2) is 0 Å². The summed E-state index contributed by atoms with van der Waals surface area (Å²) in [5, 5.41) is 0. The van der Waals surface area contributed by atoms with Gasteiger partial charge in [-0.3, -0.25) is 9.88 Å². The van der Waals surface area contributed by atoms with Crippen LogP contribution in [0.3, 0.4) is 0 Å². The molecule has 0 saturated carbocycles. The smallest absolute Gasteiger partial charge is 0.128 e. The van der Waals surface area contributed by atoms with Gasteiger partial charge in [0.05, 0.1) is 0 Å². The summed E-state index contributed by atoms with van der Waals surface area (Å²) in [5.74, 6) is -0.131. The van der Waals surface area contributed by atoms with E-state index < -0.39 is 0 Å². The Morgan fingerprint density at radius 3 is 2.79 bits per heavy atom. The molecule has 3 rings (SSSR count). The summed E-state index contributed by atoms with van der Waals surface area (Å²) in [6.45, 7) is 1.88. The molecular formula is C15H16FN3. The summed E-state index contributed by atoms with van der Waals surface area (Å²) < 4.78 is 13.8. The number of halogens is 1. The highest BCUT2D eigenvalue weighted by molar-refractivity contribution is 5.35. The topological polar surface area (TPSA) is 42.1 Å². The maximum atomic E-state index is 13.8. The lowest BCUT2D eigenvalue weighted by Crippen LogP contribution is -2.27. The summed E-state index contributed by atoms with van der Waals surface area (Å²) >= 11 is 0. The van der Waals surface area contributed by atoms with Crippen LogP contribution in [0.25, 0.3) is 0 Å². The lowest BCUT2D eigenvalue weighted by molar-refractivity contribution is 0.210. The van der Waals surface area contributed by atoms with E-state index in [1.807, 2.05) is 18.2 Å². The van der Waals surface area contributed by atoms with Crippen molar-refractivity contribution >= 4 is 0 Å². The SMILES string of the molecule is NCC1c2cccc(F)c2CN1Cc1ccncc1. The highest BCUT2D eigenvalue weighted by Crippen LogP contribution is 2.35. The first-order valence-corrected chi connectivity index (χ1v) is 6.40. The monoisotopic (exact) mass is 257 g/mol. The molecule has 98 valence electrons. The summed E-state index contributed by atoms with van der Waals surface area (Å²) in [4.78, 5) is 6.22. The number of aromatic nitrogens is 1. The van der Waals surface area contributed by atoms with Crippen LogP contribution >= 0.6 is 0 Å². The van der Waals surface area contributed by atoms with Crippen molar-refractivity contribution in [3.05, 3.63) is 65.2 Å². The van der Waals surface area contributed by atoms with Gasteiger partial charge in [-0.15, -0.1) is 0 Å². The molecule has 2 heterocycles. The molecule has 0 fully saturated rings. The second-order valence-corrected chi connectivity index (χ2v) is 4.82. The van der Waals surface area contributed by atoms with Crippen molar-refractivity contribution in [2.45, 2.75) is 19.1 Å². The molecule has 0 aliphatic carbocycles. The fourth-order valence-corrected chi connectivity index (χ4v) is 2.73. The number of rotatable bonds is 3. The molecule has 19 heavy (non-hydrogen) atoms. The van der Waals surface area contributed by atoms with E-state index in [0.29, 0.717) is 13.1 Å². The summed E-state index contributed by atoms with van der Waals surface area (Å²) in [6, 6.07) is 9.30. The first-order valence-electron chi connectivity index (χ1n) is 6.40. The molecular weight excluding hydrogens is 241 g/mol. The second kappa shape index (κ2) is 5.07. The first kappa shape index (κ1) is 12.3. The van der Waals surface area contributed by atoms with Gasteiger partial charge >= 0.3 is 0 Å². The van der Waals surface area contributed by atoms with Crippen LogP contribution in [0.4, 0.5) is 4.39 Å². The van der Waals surface area contributed by atoms with Gasteiger partial charge in [-0.25, -0.2) is 4.39 Å². The minimum Gasteiger partial charge on any atom is -0.329 e. The molecule has 1 aromatic heterocycles. The average molecular weight is 257 g/mol. The van der Waals surface area contributed by atoms with Gasteiger partial charge in [0, 0.05) is 43.6 Å². The van der Waals surface area contributed by atoms with Gasteiger partial charge in [0.1, 0.15) is 5.82 Å². The van der Waals surface area contributed by atoms with Crippen LogP contribution in [0.1, 0.15) is 22.7 Å². The number of benzene rings is 1. The molecule has 3 nitrogen and oxygen atoms in total. The van der Waals surface area contributed by atoms with Crippen LogP contribution in [0, 0.1) is 5.82 Å². The van der Waals surface area contributed by atoms with Crippen molar-refractivity contribution in [2.24, 2.45) is 5.73 Å². The third kappa shape index (κ3) is 2.25. The minimum absolute atomic E-state index is 0.0962. The Hall–Kier alpha value is -1.78. The molecule has 2 N–H and O–H groups in total. The zero-order valence-electron chi connectivity index (χ0n) is 10.6. The number of pyridine rings is 1. The number of nitrogens with zero attached hydrogens (tertiary/aromatic N) is 2. The summed E-state index contributed by atoms with van der Waals surface area (Å²) in [6.07, 6.45) is 3.55. The Morgan fingerprint density at radius 1 is 1.26 bits per heavy atom. The molecule has 0 amide bonds. The van der Waals surface area contributed by atoms with Crippen molar-refractivity contribution in [2.75, 3.05) is 6.54 Å². The fraction of sp³-hybridized carbons (Fsp3) is 0.267. The summed E-state index contributed by atoms with van der Waals surface area (Å²) in [5.41, 5.74) is 8.84. The van der Waals surface area contributed by atoms with Crippen LogP contribution < -0.4 is 5.73 Å². The van der Waals surface area contributed by atoms with Gasteiger partial charge in [-0.05, 0) is 29.3 Å². The van der Waals surface area contributed by atoms with Gasteiger partial charge in [0.2, 0.25) is 0 Å². The standard InChI is InChI=1S/C15H16FN3/c16-14-3-1-2-12-13(14)10-19(15(12)8-17)9-11-4-6-18-7-5-11/h1-7,15H,8-10,17H2. The zero-order valence-corrected chi connectivity index (χ0v) is 10.6. The largest absolute Gasteiger partial charge is 0.329 e. The molecule has 0 radical (unpaired) electrons. The molecule has 0 bridgehead atoms. The van der Waals surface area contributed by atoms with E-state index >= 15 is 0 Å². The molecule has 1 unspecified atom stereocenters. The van der Waals surface area contributed by atoms with E-state index in [2.05, 4.69) is 9.88 Å². The molecule has 2 aromatic rings. The van der Waals surface area contributed by atoms with E-state index in [1.165, 1.54) is 11.6 Å². The Labute approximate surface area is 111 Å². The highest BCUT2D eigenvalue weighted by Gasteiger charge is 2.30. The van der Waals surface area contributed by atoms with Crippen molar-refractivity contribution in [3.63, 3.8) is 0 Å². The predicted octanol–water partition coefficient (Wildman–Crippen LogP) is 2.24. The van der Waals surface area contributed by atoms with E-state index in [9.17, 15) is 4.39 Å². The average Bonchev–Trinajstić information content (AvgIpc) is 2.79. The molecule has 0 saturated heterocycles. The van der Waals surface area contributed by atoms with Crippen molar-refractivity contribution < 1.29 is 4.39 Å². The molecule has 4 heteroatoms. The third-order valence-corrected chi connectivity index (χ3v) is 3.67. The summed E-state index contributed by atoms with van der Waals surface area (Å²) in [7, 11) is 0. The van der Waals surface area contributed by atoms with Gasteiger partial charge in [-0.2, -0.15) is 0 Å². The van der Waals surface area contributed by atoms with Crippen molar-refractivity contribution in [1.29, 1.82) is 0 Å². The first-order chi connectivity index (χ1) is 9.29. The van der Waals surface area contributed by atoms with Gasteiger partial charge < -0.3 is 5.73 Å². The van der Waals surface area contributed by atoms with Gasteiger partial charge in [0.25, 0.3) is 0 Å². The number of hydrogen-bond acceptors (Lipinski definition) is 3. The van der Waals surface area contributed by atoms with E-state index in [0.717, 1.165) is 17.7 Å². The minimum atomic E-state index is -0.131. The maximum absolute atomic E-state index is 13.8. The Bertz CT molecular complexity index is 571. The zero-order chi connectivity index (χ0) is 13.2. The van der Waals surface area contributed by atoms with Crippen LogP contribution in [0.15, 0.2) is 42.7 Å². The molecule has 1 aliphatic rings. The van der Waals surface area contributed by atoms with Crippen LogP contribution in [-0.4, -0.2) is 16.4 Å².